The Morgan fingerprint density at radius 1 is 1.47 bits per heavy atom. The Bertz CT molecular complexity index is 514. The molecule has 0 bridgehead atoms. The van der Waals surface area contributed by atoms with Crippen LogP contribution < -0.4 is 5.73 Å². The van der Waals surface area contributed by atoms with Crippen molar-refractivity contribution in [3.8, 4) is 0 Å². The van der Waals surface area contributed by atoms with Gasteiger partial charge in [-0.25, -0.2) is 0 Å². The molecule has 102 valence electrons. The lowest BCUT2D eigenvalue weighted by molar-refractivity contribution is -0.00594. The highest BCUT2D eigenvalue weighted by Gasteiger charge is 2.48. The molecular formula is C15H21N3O. The fourth-order valence-corrected chi connectivity index (χ4v) is 3.25. The van der Waals surface area contributed by atoms with Gasteiger partial charge in [0.2, 0.25) is 0 Å². The average molecular weight is 259 g/mol. The number of rotatable bonds is 2. The van der Waals surface area contributed by atoms with E-state index in [-0.39, 0.29) is 5.54 Å². The first-order chi connectivity index (χ1) is 9.19. The Labute approximate surface area is 114 Å². The molecular weight excluding hydrogens is 238 g/mol. The van der Waals surface area contributed by atoms with E-state index < -0.39 is 0 Å². The molecule has 0 aliphatic carbocycles. The molecule has 3 rings (SSSR count). The van der Waals surface area contributed by atoms with Crippen molar-refractivity contribution in [1.29, 1.82) is 0 Å². The van der Waals surface area contributed by atoms with E-state index in [1.807, 2.05) is 0 Å². The predicted octanol–water partition coefficient (Wildman–Crippen LogP) is 1.84. The molecule has 0 radical (unpaired) electrons. The zero-order valence-electron chi connectivity index (χ0n) is 11.6. The molecule has 2 unspecified atom stereocenters. The maximum atomic E-state index is 6.14. The van der Waals surface area contributed by atoms with E-state index in [1.165, 1.54) is 11.1 Å². The van der Waals surface area contributed by atoms with Gasteiger partial charge in [0.1, 0.15) is 5.54 Å². The number of hydrogen-bond acceptors (Lipinski definition) is 4. The van der Waals surface area contributed by atoms with Crippen LogP contribution in [0.4, 0.5) is 0 Å². The van der Waals surface area contributed by atoms with Gasteiger partial charge in [-0.05, 0) is 24.5 Å². The molecule has 2 aliphatic rings. The summed E-state index contributed by atoms with van der Waals surface area (Å²) in [5.74, 6) is 0.648. The molecule has 0 amide bonds. The van der Waals surface area contributed by atoms with Crippen LogP contribution in [0.3, 0.4) is 0 Å². The van der Waals surface area contributed by atoms with Gasteiger partial charge in [0.05, 0.1) is 19.8 Å². The van der Waals surface area contributed by atoms with Gasteiger partial charge in [0, 0.05) is 6.04 Å². The topological polar surface area (TPSA) is 50.8 Å². The van der Waals surface area contributed by atoms with E-state index >= 15 is 0 Å². The zero-order chi connectivity index (χ0) is 13.5. The van der Waals surface area contributed by atoms with Crippen LogP contribution in [0.15, 0.2) is 29.3 Å². The number of ether oxygens (including phenoxy) is 1. The third-order valence-electron chi connectivity index (χ3n) is 4.36. The normalized spacial score (nSPS) is 27.3. The van der Waals surface area contributed by atoms with Crippen LogP contribution in [0.1, 0.15) is 31.4 Å². The van der Waals surface area contributed by atoms with Gasteiger partial charge >= 0.3 is 0 Å². The van der Waals surface area contributed by atoms with Crippen molar-refractivity contribution < 1.29 is 4.74 Å². The van der Waals surface area contributed by atoms with Gasteiger partial charge in [-0.15, -0.1) is 0 Å². The zero-order valence-corrected chi connectivity index (χ0v) is 11.6. The Kier molecular flexibility index (Phi) is 2.97. The van der Waals surface area contributed by atoms with Crippen molar-refractivity contribution in [3.63, 3.8) is 0 Å². The lowest BCUT2D eigenvalue weighted by atomic mass is 9.83. The highest BCUT2D eigenvalue weighted by molar-refractivity contribution is 5.82. The minimum absolute atomic E-state index is 0.200. The molecule has 2 heterocycles. The lowest BCUT2D eigenvalue weighted by Gasteiger charge is -2.45. The quantitative estimate of drug-likeness (QED) is 0.881. The summed E-state index contributed by atoms with van der Waals surface area (Å²) in [5.41, 5.74) is 8.52. The largest absolute Gasteiger partial charge is 0.374 e. The maximum Gasteiger partial charge on any atom is 0.192 e. The Morgan fingerprint density at radius 2 is 2.26 bits per heavy atom. The number of benzene rings is 1. The van der Waals surface area contributed by atoms with E-state index in [1.54, 1.807) is 0 Å². The van der Waals surface area contributed by atoms with Crippen LogP contribution in [0.25, 0.3) is 0 Å². The SMILES string of the molecule is CCC(C)N1C(N)=NCC12COCc1ccccc12. The molecule has 0 aromatic heterocycles. The number of fused-ring (bicyclic) bond motifs is 2. The van der Waals surface area contributed by atoms with Gasteiger partial charge in [0.15, 0.2) is 5.96 Å². The second-order valence-electron chi connectivity index (χ2n) is 5.48. The molecule has 4 nitrogen and oxygen atoms in total. The summed E-state index contributed by atoms with van der Waals surface area (Å²) in [6.45, 7) is 6.43. The van der Waals surface area contributed by atoms with Crippen molar-refractivity contribution in [2.75, 3.05) is 13.2 Å². The number of hydrogen-bond donors (Lipinski definition) is 1. The van der Waals surface area contributed by atoms with Crippen molar-refractivity contribution in [2.24, 2.45) is 10.7 Å². The van der Waals surface area contributed by atoms with Gasteiger partial charge in [-0.2, -0.15) is 0 Å². The van der Waals surface area contributed by atoms with Crippen LogP contribution in [0.2, 0.25) is 0 Å². The fourth-order valence-electron chi connectivity index (χ4n) is 3.25. The Hall–Kier alpha value is -1.55. The number of guanidine groups is 1. The van der Waals surface area contributed by atoms with E-state index in [4.69, 9.17) is 10.5 Å². The summed E-state index contributed by atoms with van der Waals surface area (Å²) in [6, 6.07) is 8.85. The molecule has 19 heavy (non-hydrogen) atoms. The van der Waals surface area contributed by atoms with E-state index in [2.05, 4.69) is 48.0 Å². The van der Waals surface area contributed by atoms with Gasteiger partial charge in [-0.1, -0.05) is 31.2 Å². The van der Waals surface area contributed by atoms with Gasteiger partial charge < -0.3 is 15.4 Å². The standard InChI is InChI=1S/C15H21N3O/c1-3-11(2)18-14(16)17-9-15(18)10-19-8-12-6-4-5-7-13(12)15/h4-7,11H,3,8-10H2,1-2H3,(H2,16,17). The molecule has 0 saturated carbocycles. The molecule has 1 aromatic carbocycles. The minimum Gasteiger partial charge on any atom is -0.374 e. The lowest BCUT2D eigenvalue weighted by Crippen LogP contribution is -2.57. The van der Waals surface area contributed by atoms with Crippen molar-refractivity contribution in [3.05, 3.63) is 35.4 Å². The maximum absolute atomic E-state index is 6.14. The first kappa shape index (κ1) is 12.5. The summed E-state index contributed by atoms with van der Waals surface area (Å²) in [4.78, 5) is 6.76. The van der Waals surface area contributed by atoms with Crippen LogP contribution in [-0.4, -0.2) is 30.1 Å². The fraction of sp³-hybridized carbons (Fsp3) is 0.533. The highest BCUT2D eigenvalue weighted by atomic mass is 16.5. The molecule has 1 aromatic rings. The Morgan fingerprint density at radius 3 is 3.05 bits per heavy atom. The first-order valence-corrected chi connectivity index (χ1v) is 6.94. The highest BCUT2D eigenvalue weighted by Crippen LogP contribution is 2.40. The van der Waals surface area contributed by atoms with Gasteiger partial charge in [0.25, 0.3) is 0 Å². The van der Waals surface area contributed by atoms with E-state index in [0.717, 1.165) is 6.42 Å². The van der Waals surface area contributed by atoms with Crippen LogP contribution >= 0.6 is 0 Å². The number of aliphatic imine (C=N–C) groups is 1. The first-order valence-electron chi connectivity index (χ1n) is 6.94. The third-order valence-corrected chi connectivity index (χ3v) is 4.36. The number of nitrogens with two attached hydrogens (primary N) is 1. The van der Waals surface area contributed by atoms with E-state index in [0.29, 0.717) is 31.8 Å². The van der Waals surface area contributed by atoms with Crippen molar-refractivity contribution in [2.45, 2.75) is 38.5 Å². The molecule has 2 atom stereocenters. The summed E-state index contributed by atoms with van der Waals surface area (Å²) < 4.78 is 5.84. The summed E-state index contributed by atoms with van der Waals surface area (Å²) >= 11 is 0. The van der Waals surface area contributed by atoms with Crippen LogP contribution in [0, 0.1) is 0 Å². The number of nitrogens with zero attached hydrogens (tertiary/aromatic N) is 2. The van der Waals surface area contributed by atoms with Crippen molar-refractivity contribution in [1.82, 2.24) is 4.90 Å². The van der Waals surface area contributed by atoms with Crippen LogP contribution in [0.5, 0.6) is 0 Å². The molecule has 2 N–H and O–H groups in total. The van der Waals surface area contributed by atoms with E-state index in [9.17, 15) is 0 Å². The smallest absolute Gasteiger partial charge is 0.192 e. The molecule has 2 aliphatic heterocycles. The average Bonchev–Trinajstić information content (AvgIpc) is 2.76. The minimum atomic E-state index is -0.200. The van der Waals surface area contributed by atoms with Crippen LogP contribution in [-0.2, 0) is 16.9 Å². The molecule has 1 spiro atoms. The second kappa shape index (κ2) is 4.53. The summed E-state index contributed by atoms with van der Waals surface area (Å²) in [6.07, 6.45) is 1.04. The summed E-state index contributed by atoms with van der Waals surface area (Å²) in [7, 11) is 0. The predicted molar refractivity (Wildman–Crippen MR) is 75.9 cm³/mol. The molecule has 0 saturated heterocycles. The summed E-state index contributed by atoms with van der Waals surface area (Å²) in [5, 5.41) is 0. The Balaban J connectivity index is 2.09. The monoisotopic (exact) mass is 259 g/mol. The molecule has 0 fully saturated rings. The second-order valence-corrected chi connectivity index (χ2v) is 5.48. The van der Waals surface area contributed by atoms with Crippen molar-refractivity contribution >= 4 is 5.96 Å². The van der Waals surface area contributed by atoms with Gasteiger partial charge in [-0.3, -0.25) is 4.99 Å². The molecule has 4 heteroatoms. The third kappa shape index (κ3) is 1.74.